The zero-order valence-electron chi connectivity index (χ0n) is 13.4. The van der Waals surface area contributed by atoms with E-state index in [2.05, 4.69) is 15.6 Å². The Morgan fingerprint density at radius 1 is 1.17 bits per heavy atom. The van der Waals surface area contributed by atoms with E-state index >= 15 is 0 Å². The van der Waals surface area contributed by atoms with Crippen LogP contribution >= 0.6 is 11.3 Å². The quantitative estimate of drug-likeness (QED) is 0.807. The van der Waals surface area contributed by atoms with E-state index in [1.807, 2.05) is 5.38 Å². The van der Waals surface area contributed by atoms with Crippen LogP contribution in [-0.4, -0.2) is 39.3 Å². The van der Waals surface area contributed by atoms with Crippen molar-refractivity contribution >= 4 is 28.1 Å². The fraction of sp³-hybridized carbons (Fsp3) is 0.333. The number of hydrogen-bond donors (Lipinski definition) is 2. The number of ether oxygens (including phenoxy) is 3. The molecule has 0 aliphatic rings. The molecule has 0 saturated heterocycles. The molecule has 0 atom stereocenters. The summed E-state index contributed by atoms with van der Waals surface area (Å²) in [5, 5.41) is 8.38. The first-order valence-corrected chi connectivity index (χ1v) is 7.71. The first-order valence-electron chi connectivity index (χ1n) is 6.83. The lowest BCUT2D eigenvalue weighted by atomic mass is 10.2. The lowest BCUT2D eigenvalue weighted by Crippen LogP contribution is -2.15. The number of rotatable bonds is 7. The topological polar surface area (TPSA) is 81.7 Å². The Labute approximate surface area is 138 Å². The van der Waals surface area contributed by atoms with E-state index < -0.39 is 0 Å². The molecule has 0 fully saturated rings. The van der Waals surface area contributed by atoms with Crippen LogP contribution in [0.3, 0.4) is 0 Å². The van der Waals surface area contributed by atoms with Gasteiger partial charge in [0.2, 0.25) is 11.7 Å². The molecule has 1 amide bonds. The van der Waals surface area contributed by atoms with Crippen LogP contribution in [-0.2, 0) is 11.2 Å². The van der Waals surface area contributed by atoms with Gasteiger partial charge in [0.25, 0.3) is 0 Å². The van der Waals surface area contributed by atoms with Crippen molar-refractivity contribution in [1.82, 2.24) is 4.98 Å². The van der Waals surface area contributed by atoms with Crippen LogP contribution < -0.4 is 24.8 Å². The molecule has 2 rings (SSSR count). The second kappa shape index (κ2) is 7.68. The van der Waals surface area contributed by atoms with Crippen LogP contribution in [0.25, 0.3) is 0 Å². The summed E-state index contributed by atoms with van der Waals surface area (Å²) in [6.07, 6.45) is 0.189. The minimum absolute atomic E-state index is 0.174. The number of aromatic nitrogens is 1. The summed E-state index contributed by atoms with van der Waals surface area (Å²) in [5.41, 5.74) is 1.28. The van der Waals surface area contributed by atoms with Gasteiger partial charge in [-0.1, -0.05) is 0 Å². The molecule has 0 aliphatic carbocycles. The molecule has 1 aromatic carbocycles. The maximum absolute atomic E-state index is 12.2. The molecule has 0 bridgehead atoms. The van der Waals surface area contributed by atoms with Gasteiger partial charge in [0.15, 0.2) is 16.6 Å². The van der Waals surface area contributed by atoms with Crippen molar-refractivity contribution in [3.63, 3.8) is 0 Å². The number of benzene rings is 1. The zero-order chi connectivity index (χ0) is 16.8. The molecule has 7 nitrogen and oxygen atoms in total. The maximum Gasteiger partial charge on any atom is 0.230 e. The Balaban J connectivity index is 2.13. The average Bonchev–Trinajstić information content (AvgIpc) is 3.01. The molecule has 0 spiro atoms. The fourth-order valence-corrected chi connectivity index (χ4v) is 2.70. The Morgan fingerprint density at radius 2 is 1.83 bits per heavy atom. The number of nitrogens with zero attached hydrogens (tertiary/aromatic N) is 1. The van der Waals surface area contributed by atoms with Crippen molar-refractivity contribution in [2.45, 2.75) is 6.42 Å². The SMILES string of the molecule is CNc1nc(CC(=O)Nc2cc(OC)c(OC)c(OC)c2)cs1. The van der Waals surface area contributed by atoms with E-state index in [0.29, 0.717) is 28.6 Å². The Kier molecular flexibility index (Phi) is 5.64. The van der Waals surface area contributed by atoms with E-state index in [-0.39, 0.29) is 12.3 Å². The van der Waals surface area contributed by atoms with Gasteiger partial charge in [0, 0.05) is 30.2 Å². The highest BCUT2D eigenvalue weighted by molar-refractivity contribution is 7.13. The monoisotopic (exact) mass is 337 g/mol. The van der Waals surface area contributed by atoms with Gasteiger partial charge in [-0.05, 0) is 0 Å². The predicted molar refractivity (Wildman–Crippen MR) is 90.1 cm³/mol. The number of carbonyl (C=O) groups excluding carboxylic acids is 1. The van der Waals surface area contributed by atoms with Crippen molar-refractivity contribution in [1.29, 1.82) is 0 Å². The van der Waals surface area contributed by atoms with Crippen LogP contribution in [0.15, 0.2) is 17.5 Å². The van der Waals surface area contributed by atoms with E-state index in [1.165, 1.54) is 32.7 Å². The molecule has 0 radical (unpaired) electrons. The number of anilines is 2. The number of hydrogen-bond acceptors (Lipinski definition) is 7. The van der Waals surface area contributed by atoms with Gasteiger partial charge in [-0.15, -0.1) is 11.3 Å². The molecule has 2 aromatic rings. The molecular weight excluding hydrogens is 318 g/mol. The standard InChI is InChI=1S/C15H19N3O4S/c1-16-15-18-10(8-23-15)7-13(19)17-9-5-11(20-2)14(22-4)12(6-9)21-3/h5-6,8H,7H2,1-4H3,(H,16,18)(H,17,19). The van der Waals surface area contributed by atoms with Gasteiger partial charge in [-0.3, -0.25) is 4.79 Å². The summed E-state index contributed by atoms with van der Waals surface area (Å²) in [6, 6.07) is 3.36. The summed E-state index contributed by atoms with van der Waals surface area (Å²) in [6.45, 7) is 0. The van der Waals surface area contributed by atoms with Gasteiger partial charge >= 0.3 is 0 Å². The molecule has 124 valence electrons. The highest BCUT2D eigenvalue weighted by atomic mass is 32.1. The lowest BCUT2D eigenvalue weighted by molar-refractivity contribution is -0.115. The molecule has 8 heteroatoms. The van der Waals surface area contributed by atoms with E-state index in [4.69, 9.17) is 14.2 Å². The summed E-state index contributed by atoms with van der Waals surface area (Å²) >= 11 is 1.46. The van der Waals surface area contributed by atoms with Crippen LogP contribution in [0.1, 0.15) is 5.69 Å². The number of nitrogens with one attached hydrogen (secondary N) is 2. The molecule has 1 aromatic heterocycles. The van der Waals surface area contributed by atoms with Gasteiger partial charge in [-0.25, -0.2) is 4.98 Å². The maximum atomic E-state index is 12.2. The molecule has 0 aliphatic heterocycles. The van der Waals surface area contributed by atoms with Crippen LogP contribution in [0.5, 0.6) is 17.2 Å². The zero-order valence-corrected chi connectivity index (χ0v) is 14.2. The normalized spacial score (nSPS) is 10.1. The van der Waals surface area contributed by atoms with Gasteiger partial charge in [0.1, 0.15) is 0 Å². The van der Waals surface area contributed by atoms with Crippen molar-refractivity contribution in [3.05, 3.63) is 23.2 Å². The number of amides is 1. The van der Waals surface area contributed by atoms with E-state index in [1.54, 1.807) is 19.2 Å². The summed E-state index contributed by atoms with van der Waals surface area (Å²) in [5.74, 6) is 1.26. The van der Waals surface area contributed by atoms with Crippen LogP contribution in [0.2, 0.25) is 0 Å². The molecule has 0 unspecified atom stereocenters. The van der Waals surface area contributed by atoms with Crippen molar-refractivity contribution in [3.8, 4) is 17.2 Å². The van der Waals surface area contributed by atoms with E-state index in [9.17, 15) is 4.79 Å². The largest absolute Gasteiger partial charge is 0.493 e. The third-order valence-electron chi connectivity index (χ3n) is 3.06. The Bertz CT molecular complexity index is 662. The Morgan fingerprint density at radius 3 is 2.30 bits per heavy atom. The van der Waals surface area contributed by atoms with Gasteiger partial charge < -0.3 is 24.8 Å². The smallest absolute Gasteiger partial charge is 0.230 e. The van der Waals surface area contributed by atoms with Gasteiger partial charge in [-0.2, -0.15) is 0 Å². The van der Waals surface area contributed by atoms with Crippen molar-refractivity contribution in [2.75, 3.05) is 39.0 Å². The third-order valence-corrected chi connectivity index (χ3v) is 3.96. The first-order chi connectivity index (χ1) is 11.1. The highest BCUT2D eigenvalue weighted by Gasteiger charge is 2.15. The minimum atomic E-state index is -0.174. The van der Waals surface area contributed by atoms with Gasteiger partial charge in [0.05, 0.1) is 33.4 Å². The van der Waals surface area contributed by atoms with Crippen molar-refractivity contribution in [2.24, 2.45) is 0 Å². The number of methoxy groups -OCH3 is 3. The second-order valence-electron chi connectivity index (χ2n) is 4.53. The van der Waals surface area contributed by atoms with Crippen LogP contribution in [0, 0.1) is 0 Å². The molecular formula is C15H19N3O4S. The van der Waals surface area contributed by atoms with E-state index in [0.717, 1.165) is 5.13 Å². The average molecular weight is 337 g/mol. The molecule has 0 saturated carbocycles. The molecule has 2 N–H and O–H groups in total. The minimum Gasteiger partial charge on any atom is -0.493 e. The van der Waals surface area contributed by atoms with Crippen LogP contribution in [0.4, 0.5) is 10.8 Å². The van der Waals surface area contributed by atoms with Crippen molar-refractivity contribution < 1.29 is 19.0 Å². The lowest BCUT2D eigenvalue weighted by Gasteiger charge is -2.14. The number of thiazole rings is 1. The molecule has 1 heterocycles. The third kappa shape index (κ3) is 4.04. The summed E-state index contributed by atoms with van der Waals surface area (Å²) < 4.78 is 15.8. The number of carbonyl (C=O) groups is 1. The first kappa shape index (κ1) is 16.9. The molecule has 23 heavy (non-hydrogen) atoms. The Hall–Kier alpha value is -2.48. The fourth-order valence-electron chi connectivity index (χ4n) is 2.03. The summed E-state index contributed by atoms with van der Waals surface area (Å²) in [4.78, 5) is 16.4. The summed E-state index contributed by atoms with van der Waals surface area (Å²) in [7, 11) is 6.37. The highest BCUT2D eigenvalue weighted by Crippen LogP contribution is 2.39. The second-order valence-corrected chi connectivity index (χ2v) is 5.39. The predicted octanol–water partition coefficient (Wildman–Crippen LogP) is 2.39.